The number of aryl methyl sites for hydroxylation is 1. The zero-order chi connectivity index (χ0) is 31.1. The Bertz CT molecular complexity index is 1400. The van der Waals surface area contributed by atoms with Crippen molar-refractivity contribution in [2.75, 3.05) is 29.5 Å². The minimum absolute atomic E-state index is 0.101. The third-order valence-corrected chi connectivity index (χ3v) is 11.5. The molecule has 0 aromatic heterocycles. The summed E-state index contributed by atoms with van der Waals surface area (Å²) in [6, 6.07) is 13.4. The van der Waals surface area contributed by atoms with Crippen LogP contribution in [0.25, 0.3) is 0 Å². The van der Waals surface area contributed by atoms with Crippen molar-refractivity contribution < 1.29 is 19.5 Å². The zero-order valence-electron chi connectivity index (χ0n) is 25.0. The van der Waals surface area contributed by atoms with Gasteiger partial charge in [0.2, 0.25) is 11.8 Å². The van der Waals surface area contributed by atoms with Gasteiger partial charge < -0.3 is 19.8 Å². The molecule has 0 radical (unpaired) electrons. The Labute approximate surface area is 263 Å². The molecule has 3 heterocycles. The number of carbonyl (C=O) groups excluding carboxylic acids is 3. The molecule has 2 aromatic carbocycles. The highest BCUT2D eigenvalue weighted by molar-refractivity contribution is 8.02. The molecule has 3 amide bonds. The second-order valence-corrected chi connectivity index (χ2v) is 14.0. The second-order valence-electron chi connectivity index (χ2n) is 12.0. The molecule has 43 heavy (non-hydrogen) atoms. The average Bonchev–Trinajstić information content (AvgIpc) is 3.63. The van der Waals surface area contributed by atoms with Crippen molar-refractivity contribution in [3.63, 3.8) is 0 Å². The fourth-order valence-corrected chi connectivity index (χ4v) is 9.92. The van der Waals surface area contributed by atoms with Gasteiger partial charge in [0, 0.05) is 24.0 Å². The number of likely N-dealkylation sites (tertiary alicyclic amines) is 1. The maximum atomic E-state index is 14.9. The fourth-order valence-electron chi connectivity index (χ4n) is 7.40. The molecule has 1 N–H and O–H groups in total. The Hall–Kier alpha value is -3.07. The predicted octanol–water partition coefficient (Wildman–Crippen LogP) is 5.49. The normalized spacial score (nSPS) is 26.4. The molecule has 228 valence electrons. The lowest BCUT2D eigenvalue weighted by Crippen LogP contribution is -2.58. The van der Waals surface area contributed by atoms with Crippen molar-refractivity contribution in [3.8, 4) is 0 Å². The van der Waals surface area contributed by atoms with Gasteiger partial charge in [-0.3, -0.25) is 14.4 Å². The van der Waals surface area contributed by atoms with Gasteiger partial charge in [-0.1, -0.05) is 67.9 Å². The number of fused-ring (bicyclic) bond motifs is 1. The lowest BCUT2D eigenvalue weighted by molar-refractivity contribution is -0.142. The Kier molecular flexibility index (Phi) is 9.12. The third kappa shape index (κ3) is 5.11. The van der Waals surface area contributed by atoms with E-state index >= 15 is 0 Å². The van der Waals surface area contributed by atoms with Crippen molar-refractivity contribution >= 4 is 52.5 Å². The standard InChI is InChI=1S/C34H40ClN3O4S/c1-6-18-36(23-13-9-8-10-14-23)31(40)27-26-16-17-34(43-26)28(27)32(41)38(25(20-39)21(3)4)30(34)33(42)37(19-7-2)29-22(5)12-11-15-24(29)35/h6-15,21,25-28,30,39H,1-2,16-20H2,3-5H3/t25-,26-,27+,28-,30?,34?/m0/s1. The smallest absolute Gasteiger partial charge is 0.251 e. The van der Waals surface area contributed by atoms with Crippen LogP contribution in [0.3, 0.4) is 0 Å². The number of carbonyl (C=O) groups is 3. The van der Waals surface area contributed by atoms with Crippen LogP contribution in [0.2, 0.25) is 5.02 Å². The molecule has 3 aliphatic heterocycles. The summed E-state index contributed by atoms with van der Waals surface area (Å²) in [6.07, 6.45) is 4.69. The van der Waals surface area contributed by atoms with E-state index in [1.165, 1.54) is 0 Å². The summed E-state index contributed by atoms with van der Waals surface area (Å²) in [7, 11) is 0. The van der Waals surface area contributed by atoms with Gasteiger partial charge in [-0.2, -0.15) is 0 Å². The molecule has 3 aliphatic rings. The fraction of sp³-hybridized carbons (Fsp3) is 0.441. The molecule has 3 fully saturated rings. The van der Waals surface area contributed by atoms with Crippen LogP contribution in [0.4, 0.5) is 11.4 Å². The lowest BCUT2D eigenvalue weighted by Gasteiger charge is -2.41. The number of para-hydroxylation sites is 2. The number of rotatable bonds is 11. The van der Waals surface area contributed by atoms with Crippen molar-refractivity contribution in [1.82, 2.24) is 4.90 Å². The summed E-state index contributed by atoms with van der Waals surface area (Å²) in [5, 5.41) is 10.9. The van der Waals surface area contributed by atoms with E-state index in [9.17, 15) is 19.5 Å². The number of anilines is 2. The third-order valence-electron chi connectivity index (χ3n) is 9.25. The van der Waals surface area contributed by atoms with Gasteiger partial charge in [0.25, 0.3) is 5.91 Å². The van der Waals surface area contributed by atoms with Crippen LogP contribution in [0, 0.1) is 24.7 Å². The second kappa shape index (κ2) is 12.5. The van der Waals surface area contributed by atoms with Gasteiger partial charge in [0.15, 0.2) is 0 Å². The van der Waals surface area contributed by atoms with Crippen molar-refractivity contribution in [2.24, 2.45) is 17.8 Å². The lowest BCUT2D eigenvalue weighted by atomic mass is 9.70. The van der Waals surface area contributed by atoms with E-state index in [2.05, 4.69) is 13.2 Å². The van der Waals surface area contributed by atoms with Crippen molar-refractivity contribution in [2.45, 2.75) is 55.7 Å². The first-order valence-electron chi connectivity index (χ1n) is 14.9. The van der Waals surface area contributed by atoms with E-state index in [1.807, 2.05) is 63.2 Å². The molecule has 9 heteroatoms. The largest absolute Gasteiger partial charge is 0.394 e. The Morgan fingerprint density at radius 3 is 2.37 bits per heavy atom. The summed E-state index contributed by atoms with van der Waals surface area (Å²) >= 11 is 8.29. The van der Waals surface area contributed by atoms with Crippen molar-refractivity contribution in [3.05, 3.63) is 84.4 Å². The number of amides is 3. The molecular weight excluding hydrogens is 582 g/mol. The first kappa shape index (κ1) is 31.4. The number of aliphatic hydroxyl groups is 1. The molecular formula is C34H40ClN3O4S. The summed E-state index contributed by atoms with van der Waals surface area (Å²) in [5.41, 5.74) is 2.15. The highest BCUT2D eigenvalue weighted by Crippen LogP contribution is 2.67. The minimum atomic E-state index is -0.877. The number of aliphatic hydroxyl groups excluding tert-OH is 1. The van der Waals surface area contributed by atoms with Gasteiger partial charge in [-0.15, -0.1) is 24.9 Å². The van der Waals surface area contributed by atoms with Crippen molar-refractivity contribution in [1.29, 1.82) is 0 Å². The van der Waals surface area contributed by atoms with Crippen LogP contribution >= 0.6 is 23.4 Å². The average molecular weight is 622 g/mol. The number of benzene rings is 2. The van der Waals surface area contributed by atoms with Crippen LogP contribution < -0.4 is 9.80 Å². The molecule has 2 unspecified atom stereocenters. The zero-order valence-corrected chi connectivity index (χ0v) is 26.6. The topological polar surface area (TPSA) is 81.2 Å². The molecule has 2 bridgehead atoms. The molecule has 5 rings (SSSR count). The SMILES string of the molecule is C=CCN(C(=O)[C@@H]1[C@@H]2CCC3(S2)C(C(=O)N(CC=C)c2c(C)cccc2Cl)N([C@@H](CO)C(C)C)C(=O)[C@H]13)c1ccccc1. The van der Waals surface area contributed by atoms with Gasteiger partial charge in [0.05, 0.1) is 39.9 Å². The number of halogens is 1. The molecule has 3 saturated heterocycles. The first-order chi connectivity index (χ1) is 20.6. The van der Waals surface area contributed by atoms with E-state index in [0.29, 0.717) is 23.7 Å². The van der Waals surface area contributed by atoms with Gasteiger partial charge in [-0.25, -0.2) is 0 Å². The van der Waals surface area contributed by atoms with Crippen LogP contribution in [0.15, 0.2) is 73.8 Å². The highest BCUT2D eigenvalue weighted by Gasteiger charge is 2.75. The Morgan fingerprint density at radius 2 is 1.77 bits per heavy atom. The van der Waals surface area contributed by atoms with Crippen LogP contribution in [-0.2, 0) is 14.4 Å². The summed E-state index contributed by atoms with van der Waals surface area (Å²) < 4.78 is -0.813. The Morgan fingerprint density at radius 1 is 1.09 bits per heavy atom. The maximum Gasteiger partial charge on any atom is 0.251 e. The van der Waals surface area contributed by atoms with E-state index in [-0.39, 0.29) is 42.0 Å². The number of nitrogens with zero attached hydrogens (tertiary/aromatic N) is 3. The Balaban J connectivity index is 1.63. The van der Waals surface area contributed by atoms with Gasteiger partial charge in [0.1, 0.15) is 6.04 Å². The van der Waals surface area contributed by atoms with Gasteiger partial charge >= 0.3 is 0 Å². The quantitative estimate of drug-likeness (QED) is 0.336. The number of hydrogen-bond acceptors (Lipinski definition) is 5. The molecule has 1 spiro atoms. The first-order valence-corrected chi connectivity index (χ1v) is 16.1. The number of hydrogen-bond donors (Lipinski definition) is 1. The van der Waals surface area contributed by atoms with Gasteiger partial charge in [-0.05, 0) is 49.4 Å². The molecule has 7 nitrogen and oxygen atoms in total. The minimum Gasteiger partial charge on any atom is -0.394 e. The molecule has 2 aromatic rings. The molecule has 6 atom stereocenters. The van der Waals surface area contributed by atoms with E-state index in [0.717, 1.165) is 17.7 Å². The molecule has 0 saturated carbocycles. The van der Waals surface area contributed by atoms with E-state index in [1.54, 1.807) is 44.7 Å². The monoisotopic (exact) mass is 621 g/mol. The van der Waals surface area contributed by atoms with E-state index in [4.69, 9.17) is 11.6 Å². The van der Waals surface area contributed by atoms with Crippen LogP contribution in [0.5, 0.6) is 0 Å². The predicted molar refractivity (Wildman–Crippen MR) is 174 cm³/mol. The van der Waals surface area contributed by atoms with Crippen LogP contribution in [0.1, 0.15) is 32.3 Å². The summed E-state index contributed by atoms with van der Waals surface area (Å²) in [4.78, 5) is 49.0. The summed E-state index contributed by atoms with van der Waals surface area (Å²) in [5.74, 6) is -2.05. The maximum absolute atomic E-state index is 14.9. The number of thioether (sulfide) groups is 1. The molecule has 0 aliphatic carbocycles. The highest BCUT2D eigenvalue weighted by atomic mass is 35.5. The summed E-state index contributed by atoms with van der Waals surface area (Å²) in [6.45, 7) is 13.8. The van der Waals surface area contributed by atoms with Crippen LogP contribution in [-0.4, -0.2) is 69.5 Å². The van der Waals surface area contributed by atoms with E-state index < -0.39 is 28.7 Å².